The Morgan fingerprint density at radius 2 is 2.67 bits per heavy atom. The van der Waals surface area contributed by atoms with Crippen LogP contribution in [-0.4, -0.2) is 18.6 Å². The number of carbonyl (C=O) groups excluding carboxylic acids is 1. The third-order valence-corrected chi connectivity index (χ3v) is 0.957. The lowest BCUT2D eigenvalue weighted by atomic mass is 10.3. The lowest BCUT2D eigenvalue weighted by Gasteiger charge is -2.08. The third kappa shape index (κ3) is 1.43. The van der Waals surface area contributed by atoms with Gasteiger partial charge in [-0.25, -0.2) is 0 Å². The molecule has 0 aromatic carbocycles. The Hall–Kier alpha value is -1.03. The van der Waals surface area contributed by atoms with Gasteiger partial charge in [-0.3, -0.25) is 4.79 Å². The quantitative estimate of drug-likeness (QED) is 0.452. The average molecular weight is 125 g/mol. The van der Waals surface area contributed by atoms with Crippen molar-refractivity contribution in [3.05, 3.63) is 12.2 Å². The van der Waals surface area contributed by atoms with Crippen LogP contribution in [0.5, 0.6) is 0 Å². The highest BCUT2D eigenvalue weighted by Crippen LogP contribution is 2.00. The Morgan fingerprint density at radius 3 is 3.11 bits per heavy atom. The summed E-state index contributed by atoms with van der Waals surface area (Å²) in [6, 6.07) is 0. The van der Waals surface area contributed by atoms with Crippen LogP contribution < -0.4 is 5.53 Å². The standard InChI is InChI=1S/C5H5N2O2/c6-7-5-2-1-4(8)3-9-5/h1-2,5H,3H2. The van der Waals surface area contributed by atoms with Crippen molar-refractivity contribution in [1.82, 2.24) is 5.53 Å². The highest BCUT2D eigenvalue weighted by molar-refractivity contribution is 5.91. The van der Waals surface area contributed by atoms with Gasteiger partial charge in [0.2, 0.25) is 0 Å². The average Bonchev–Trinajstić information content (AvgIpc) is 1.90. The van der Waals surface area contributed by atoms with Gasteiger partial charge < -0.3 is 4.74 Å². The van der Waals surface area contributed by atoms with Gasteiger partial charge in [-0.2, -0.15) is 0 Å². The highest BCUT2D eigenvalue weighted by Gasteiger charge is 2.10. The maximum Gasteiger partial charge on any atom is 0.190 e. The molecule has 1 aliphatic rings. The minimum atomic E-state index is -0.650. The zero-order chi connectivity index (χ0) is 6.69. The zero-order valence-corrected chi connectivity index (χ0v) is 4.65. The molecule has 0 spiro atoms. The molecule has 0 N–H and O–H groups in total. The number of ketones is 1. The van der Waals surface area contributed by atoms with Crippen molar-refractivity contribution < 1.29 is 9.53 Å². The lowest BCUT2D eigenvalue weighted by molar-refractivity contribution is -0.121. The van der Waals surface area contributed by atoms with Gasteiger partial charge in [-0.05, 0) is 17.7 Å². The van der Waals surface area contributed by atoms with Crippen molar-refractivity contribution in [3.63, 3.8) is 0 Å². The monoisotopic (exact) mass is 125 g/mol. The van der Waals surface area contributed by atoms with E-state index in [2.05, 4.69) is 9.85 Å². The highest BCUT2D eigenvalue weighted by atomic mass is 16.5. The van der Waals surface area contributed by atoms with Crippen molar-refractivity contribution in [2.75, 3.05) is 6.61 Å². The van der Waals surface area contributed by atoms with E-state index in [4.69, 9.17) is 5.53 Å². The smallest absolute Gasteiger partial charge is 0.190 e. The largest absolute Gasteiger partial charge is 0.343 e. The fourth-order valence-corrected chi connectivity index (χ4v) is 0.533. The summed E-state index contributed by atoms with van der Waals surface area (Å²) in [6.07, 6.45) is 2.09. The van der Waals surface area contributed by atoms with Crippen LogP contribution in [0.15, 0.2) is 17.3 Å². The summed E-state index contributed by atoms with van der Waals surface area (Å²) in [5.41, 5.74) is 8.11. The number of rotatable bonds is 1. The Morgan fingerprint density at radius 1 is 1.89 bits per heavy atom. The van der Waals surface area contributed by atoms with Gasteiger partial charge in [0.15, 0.2) is 12.0 Å². The molecular formula is C5H5N2O2. The molecule has 0 amide bonds. The molecule has 1 heterocycles. The predicted octanol–water partition coefficient (Wildman–Crippen LogP) is -0.280. The molecule has 0 aliphatic carbocycles. The van der Waals surface area contributed by atoms with E-state index in [1.807, 2.05) is 0 Å². The van der Waals surface area contributed by atoms with Gasteiger partial charge in [-0.15, -0.1) is 5.11 Å². The first-order valence-corrected chi connectivity index (χ1v) is 2.50. The van der Waals surface area contributed by atoms with Gasteiger partial charge in [0.05, 0.1) is 0 Å². The van der Waals surface area contributed by atoms with Crippen molar-refractivity contribution in [2.24, 2.45) is 5.11 Å². The minimum absolute atomic E-state index is 0.00519. The van der Waals surface area contributed by atoms with Gasteiger partial charge in [0, 0.05) is 0 Å². The molecule has 0 aromatic rings. The van der Waals surface area contributed by atoms with Crippen LogP contribution in [0.3, 0.4) is 0 Å². The van der Waals surface area contributed by atoms with E-state index in [1.54, 1.807) is 0 Å². The molecule has 0 saturated carbocycles. The van der Waals surface area contributed by atoms with E-state index < -0.39 is 6.23 Å². The summed E-state index contributed by atoms with van der Waals surface area (Å²) >= 11 is 0. The van der Waals surface area contributed by atoms with E-state index in [0.717, 1.165) is 0 Å². The molecule has 0 bridgehead atoms. The second-order valence-electron chi connectivity index (χ2n) is 1.64. The molecule has 47 valence electrons. The van der Waals surface area contributed by atoms with Crippen LogP contribution in [0.2, 0.25) is 0 Å². The predicted molar refractivity (Wildman–Crippen MR) is 28.4 cm³/mol. The first-order valence-electron chi connectivity index (χ1n) is 2.50. The van der Waals surface area contributed by atoms with Crippen LogP contribution in [0.1, 0.15) is 0 Å². The number of ether oxygens (including phenoxy) is 1. The summed E-state index contributed by atoms with van der Waals surface area (Å²) in [5, 5.41) is 2.82. The summed E-state index contributed by atoms with van der Waals surface area (Å²) in [4.78, 5) is 10.4. The van der Waals surface area contributed by atoms with Crippen LogP contribution >= 0.6 is 0 Å². The van der Waals surface area contributed by atoms with Crippen molar-refractivity contribution in [2.45, 2.75) is 6.23 Å². The molecule has 4 nitrogen and oxygen atoms in total. The molecule has 1 atom stereocenters. The summed E-state index contributed by atoms with van der Waals surface area (Å²) in [7, 11) is 0. The van der Waals surface area contributed by atoms with Crippen LogP contribution in [0.25, 0.3) is 0 Å². The summed E-state index contributed by atoms with van der Waals surface area (Å²) in [6.45, 7) is 0.00519. The van der Waals surface area contributed by atoms with E-state index in [-0.39, 0.29) is 12.4 Å². The summed E-state index contributed by atoms with van der Waals surface area (Å²) in [5.74, 6) is -0.102. The maximum atomic E-state index is 10.4. The normalized spacial score (nSPS) is 26.2. The molecule has 0 aromatic heterocycles. The fraction of sp³-hybridized carbons (Fsp3) is 0.400. The number of hydrogen-bond acceptors (Lipinski definition) is 3. The molecule has 1 rings (SSSR count). The topological polar surface area (TPSA) is 61.0 Å². The van der Waals surface area contributed by atoms with E-state index in [9.17, 15) is 4.79 Å². The Bertz CT molecular complexity index is 164. The van der Waals surface area contributed by atoms with E-state index >= 15 is 0 Å². The molecule has 1 radical (unpaired) electrons. The molecule has 1 unspecified atom stereocenters. The van der Waals surface area contributed by atoms with Crippen LogP contribution in [0.4, 0.5) is 0 Å². The number of carbonyl (C=O) groups is 1. The molecule has 0 fully saturated rings. The summed E-state index contributed by atoms with van der Waals surface area (Å²) < 4.78 is 4.69. The van der Waals surface area contributed by atoms with Crippen LogP contribution in [0, 0.1) is 0 Å². The maximum absolute atomic E-state index is 10.4. The first-order chi connectivity index (χ1) is 4.33. The second kappa shape index (κ2) is 2.50. The van der Waals surface area contributed by atoms with Crippen molar-refractivity contribution >= 4 is 5.78 Å². The van der Waals surface area contributed by atoms with Gasteiger partial charge in [0.25, 0.3) is 0 Å². The van der Waals surface area contributed by atoms with Crippen molar-refractivity contribution in [3.8, 4) is 0 Å². The number of hydrogen-bond donors (Lipinski definition) is 0. The minimum Gasteiger partial charge on any atom is -0.343 e. The Labute approximate surface area is 52.0 Å². The van der Waals surface area contributed by atoms with Crippen molar-refractivity contribution in [1.29, 1.82) is 0 Å². The lowest BCUT2D eigenvalue weighted by Crippen LogP contribution is -2.18. The van der Waals surface area contributed by atoms with Gasteiger partial charge in [0.1, 0.15) is 6.61 Å². The van der Waals surface area contributed by atoms with Crippen LogP contribution in [-0.2, 0) is 9.53 Å². The SMILES string of the molecule is [N]=NC1C=CC(=O)CO1. The molecule has 4 heteroatoms. The zero-order valence-electron chi connectivity index (χ0n) is 4.65. The second-order valence-corrected chi connectivity index (χ2v) is 1.64. The third-order valence-electron chi connectivity index (χ3n) is 0.957. The van der Waals surface area contributed by atoms with Gasteiger partial charge >= 0.3 is 0 Å². The molecular weight excluding hydrogens is 120 g/mol. The van der Waals surface area contributed by atoms with E-state index in [0.29, 0.717) is 0 Å². The molecule has 9 heavy (non-hydrogen) atoms. The first kappa shape index (κ1) is 6.10. The molecule has 0 saturated heterocycles. The Balaban J connectivity index is 2.57. The molecule has 1 aliphatic heterocycles. The fourth-order valence-electron chi connectivity index (χ4n) is 0.533. The number of nitrogens with zero attached hydrogens (tertiary/aromatic N) is 2. The van der Waals surface area contributed by atoms with E-state index in [1.165, 1.54) is 12.2 Å². The Kier molecular flexibility index (Phi) is 1.69. The van der Waals surface area contributed by atoms with Gasteiger partial charge in [-0.1, -0.05) is 0 Å².